The summed E-state index contributed by atoms with van der Waals surface area (Å²) < 4.78 is 0. The van der Waals surface area contributed by atoms with Gasteiger partial charge in [0.1, 0.15) is 0 Å². The summed E-state index contributed by atoms with van der Waals surface area (Å²) in [5.41, 5.74) is 1.11. The Bertz CT molecular complexity index is 312. The Morgan fingerprint density at radius 2 is 2.44 bits per heavy atom. The molecule has 2 N–H and O–H groups in total. The van der Waals surface area contributed by atoms with Crippen LogP contribution in [-0.2, 0) is 11.2 Å². The smallest absolute Gasteiger partial charge is 0.220 e. The van der Waals surface area contributed by atoms with Crippen molar-refractivity contribution in [1.82, 2.24) is 10.3 Å². The summed E-state index contributed by atoms with van der Waals surface area (Å²) in [4.78, 5) is 15.3. The van der Waals surface area contributed by atoms with E-state index in [0.29, 0.717) is 19.4 Å². The van der Waals surface area contributed by atoms with Crippen LogP contribution in [0.3, 0.4) is 0 Å². The molecule has 4 heteroatoms. The van der Waals surface area contributed by atoms with Gasteiger partial charge in [-0.3, -0.25) is 9.78 Å². The van der Waals surface area contributed by atoms with Crippen LogP contribution < -0.4 is 5.32 Å². The second-order valence-electron chi connectivity index (χ2n) is 3.85. The third-order valence-corrected chi connectivity index (χ3v) is 2.25. The van der Waals surface area contributed by atoms with Crippen molar-refractivity contribution in [3.8, 4) is 0 Å². The highest BCUT2D eigenvalue weighted by Gasteiger charge is 2.03. The average molecular weight is 222 g/mol. The van der Waals surface area contributed by atoms with Gasteiger partial charge >= 0.3 is 0 Å². The Morgan fingerprint density at radius 3 is 3.06 bits per heavy atom. The maximum absolute atomic E-state index is 11.3. The lowest BCUT2D eigenvalue weighted by Gasteiger charge is -2.06. The van der Waals surface area contributed by atoms with Crippen LogP contribution in [0.15, 0.2) is 24.5 Å². The summed E-state index contributed by atoms with van der Waals surface area (Å²) in [7, 11) is 0. The molecule has 1 aromatic heterocycles. The number of nitrogens with one attached hydrogen (secondary N) is 1. The average Bonchev–Trinajstić information content (AvgIpc) is 2.28. The minimum Gasteiger partial charge on any atom is -0.393 e. The van der Waals surface area contributed by atoms with Gasteiger partial charge in [-0.25, -0.2) is 0 Å². The number of rotatable bonds is 6. The number of aromatic nitrogens is 1. The molecule has 88 valence electrons. The third-order valence-electron chi connectivity index (χ3n) is 2.25. The molecule has 4 nitrogen and oxygen atoms in total. The van der Waals surface area contributed by atoms with Crippen LogP contribution >= 0.6 is 0 Å². The quantitative estimate of drug-likeness (QED) is 0.751. The number of aliphatic hydroxyl groups is 1. The molecule has 0 bridgehead atoms. The standard InChI is InChI=1S/C12H18N2O2/c1-10(15)4-5-12(16)14-8-6-11-3-2-7-13-9-11/h2-3,7,9-10,15H,4-6,8H2,1H3,(H,14,16). The number of hydrogen-bond acceptors (Lipinski definition) is 3. The summed E-state index contributed by atoms with van der Waals surface area (Å²) in [6.45, 7) is 2.30. The van der Waals surface area contributed by atoms with E-state index >= 15 is 0 Å². The van der Waals surface area contributed by atoms with Crippen molar-refractivity contribution in [2.75, 3.05) is 6.54 Å². The number of pyridine rings is 1. The van der Waals surface area contributed by atoms with E-state index in [9.17, 15) is 4.79 Å². The number of amides is 1. The molecule has 0 fully saturated rings. The molecular weight excluding hydrogens is 204 g/mol. The predicted octanol–water partition coefficient (Wildman–Crippen LogP) is 0.901. The van der Waals surface area contributed by atoms with Gasteiger partial charge in [0.05, 0.1) is 6.10 Å². The first-order valence-electron chi connectivity index (χ1n) is 5.52. The summed E-state index contributed by atoms with van der Waals surface area (Å²) in [5, 5.41) is 11.8. The molecule has 1 atom stereocenters. The Balaban J connectivity index is 2.13. The summed E-state index contributed by atoms with van der Waals surface area (Å²) in [6, 6.07) is 3.86. The van der Waals surface area contributed by atoms with Crippen molar-refractivity contribution in [2.24, 2.45) is 0 Å². The van der Waals surface area contributed by atoms with E-state index < -0.39 is 6.10 Å². The highest BCUT2D eigenvalue weighted by molar-refractivity contribution is 5.75. The Labute approximate surface area is 95.7 Å². The first kappa shape index (κ1) is 12.6. The molecule has 1 unspecified atom stereocenters. The molecule has 0 spiro atoms. The molecule has 16 heavy (non-hydrogen) atoms. The fourth-order valence-electron chi connectivity index (χ4n) is 1.32. The number of nitrogens with zero attached hydrogens (tertiary/aromatic N) is 1. The maximum atomic E-state index is 11.3. The summed E-state index contributed by atoms with van der Waals surface area (Å²) >= 11 is 0. The van der Waals surface area contributed by atoms with E-state index in [1.807, 2.05) is 12.1 Å². The largest absolute Gasteiger partial charge is 0.393 e. The first-order chi connectivity index (χ1) is 7.68. The minimum atomic E-state index is -0.413. The molecular formula is C12H18N2O2. The normalized spacial score (nSPS) is 12.1. The highest BCUT2D eigenvalue weighted by Crippen LogP contribution is 1.97. The third kappa shape index (κ3) is 5.46. The number of aliphatic hydroxyl groups excluding tert-OH is 1. The zero-order chi connectivity index (χ0) is 11.8. The van der Waals surface area contributed by atoms with Crippen molar-refractivity contribution in [1.29, 1.82) is 0 Å². The van der Waals surface area contributed by atoms with Crippen molar-refractivity contribution in [3.63, 3.8) is 0 Å². The molecule has 0 saturated carbocycles. The van der Waals surface area contributed by atoms with Gasteiger partial charge < -0.3 is 10.4 Å². The van der Waals surface area contributed by atoms with Gasteiger partial charge in [-0.2, -0.15) is 0 Å². The maximum Gasteiger partial charge on any atom is 0.220 e. The van der Waals surface area contributed by atoms with Crippen molar-refractivity contribution in [2.45, 2.75) is 32.3 Å². The molecule has 0 radical (unpaired) electrons. The Kier molecular flexibility index (Phi) is 5.50. The fourth-order valence-corrected chi connectivity index (χ4v) is 1.32. The van der Waals surface area contributed by atoms with Crippen molar-refractivity contribution < 1.29 is 9.90 Å². The second-order valence-corrected chi connectivity index (χ2v) is 3.85. The van der Waals surface area contributed by atoms with Gasteiger partial charge in [-0.1, -0.05) is 6.07 Å². The monoisotopic (exact) mass is 222 g/mol. The predicted molar refractivity (Wildman–Crippen MR) is 61.9 cm³/mol. The van der Waals surface area contributed by atoms with Crippen LogP contribution in [0.1, 0.15) is 25.3 Å². The number of carbonyl (C=O) groups excluding carboxylic acids is 1. The van der Waals surface area contributed by atoms with E-state index in [1.165, 1.54) is 0 Å². The molecule has 1 aromatic rings. The van der Waals surface area contributed by atoms with Gasteiger partial charge in [-0.15, -0.1) is 0 Å². The van der Waals surface area contributed by atoms with Crippen LogP contribution in [-0.4, -0.2) is 28.6 Å². The molecule has 1 heterocycles. The Morgan fingerprint density at radius 1 is 1.62 bits per heavy atom. The van der Waals surface area contributed by atoms with Gasteiger partial charge in [0.2, 0.25) is 5.91 Å². The lowest BCUT2D eigenvalue weighted by Crippen LogP contribution is -2.26. The minimum absolute atomic E-state index is 0.00945. The van der Waals surface area contributed by atoms with Crippen LogP contribution in [0.5, 0.6) is 0 Å². The SMILES string of the molecule is CC(O)CCC(=O)NCCc1cccnc1. The van der Waals surface area contributed by atoms with Gasteiger partial charge in [-0.05, 0) is 31.4 Å². The highest BCUT2D eigenvalue weighted by atomic mass is 16.3. The van der Waals surface area contributed by atoms with Gasteiger partial charge in [0.15, 0.2) is 0 Å². The second kappa shape index (κ2) is 6.95. The summed E-state index contributed by atoms with van der Waals surface area (Å²) in [5.74, 6) is -0.00945. The zero-order valence-corrected chi connectivity index (χ0v) is 9.52. The Hall–Kier alpha value is -1.42. The molecule has 1 amide bonds. The van der Waals surface area contributed by atoms with E-state index in [2.05, 4.69) is 10.3 Å². The van der Waals surface area contributed by atoms with Crippen molar-refractivity contribution in [3.05, 3.63) is 30.1 Å². The summed E-state index contributed by atoms with van der Waals surface area (Å²) in [6.07, 6.45) is 4.79. The van der Waals surface area contributed by atoms with E-state index in [1.54, 1.807) is 19.3 Å². The topological polar surface area (TPSA) is 62.2 Å². The molecule has 0 saturated heterocycles. The lowest BCUT2D eigenvalue weighted by atomic mass is 10.2. The van der Waals surface area contributed by atoms with E-state index in [4.69, 9.17) is 5.11 Å². The van der Waals surface area contributed by atoms with Gasteiger partial charge in [0.25, 0.3) is 0 Å². The number of carbonyl (C=O) groups is 1. The fraction of sp³-hybridized carbons (Fsp3) is 0.500. The van der Waals surface area contributed by atoms with E-state index in [0.717, 1.165) is 12.0 Å². The van der Waals surface area contributed by atoms with Crippen LogP contribution in [0.4, 0.5) is 0 Å². The number of hydrogen-bond donors (Lipinski definition) is 2. The molecule has 1 rings (SSSR count). The molecule has 0 aliphatic carbocycles. The zero-order valence-electron chi connectivity index (χ0n) is 9.52. The van der Waals surface area contributed by atoms with Crippen LogP contribution in [0, 0.1) is 0 Å². The van der Waals surface area contributed by atoms with Gasteiger partial charge in [0, 0.05) is 25.4 Å². The molecule has 0 aromatic carbocycles. The lowest BCUT2D eigenvalue weighted by molar-refractivity contribution is -0.121. The van der Waals surface area contributed by atoms with Crippen LogP contribution in [0.25, 0.3) is 0 Å². The van der Waals surface area contributed by atoms with Crippen molar-refractivity contribution >= 4 is 5.91 Å². The van der Waals surface area contributed by atoms with E-state index in [-0.39, 0.29) is 5.91 Å². The molecule has 0 aliphatic heterocycles. The first-order valence-corrected chi connectivity index (χ1v) is 5.52. The molecule has 0 aliphatic rings. The van der Waals surface area contributed by atoms with Crippen LogP contribution in [0.2, 0.25) is 0 Å².